The summed E-state index contributed by atoms with van der Waals surface area (Å²) >= 11 is 3.47. The van der Waals surface area contributed by atoms with Crippen LogP contribution in [0.2, 0.25) is 0 Å². The third-order valence-electron chi connectivity index (χ3n) is 5.65. The van der Waals surface area contributed by atoms with Crippen LogP contribution in [0.3, 0.4) is 0 Å². The number of aromatic nitrogens is 3. The van der Waals surface area contributed by atoms with Gasteiger partial charge in [0.05, 0.1) is 28.5 Å². The van der Waals surface area contributed by atoms with E-state index in [1.165, 1.54) is 17.0 Å². The van der Waals surface area contributed by atoms with Gasteiger partial charge in [-0.3, -0.25) is 4.79 Å². The van der Waals surface area contributed by atoms with Crippen molar-refractivity contribution in [1.29, 1.82) is 0 Å². The number of hydrogen-bond donors (Lipinski definition) is 0. The van der Waals surface area contributed by atoms with E-state index in [1.54, 1.807) is 59.3 Å². The van der Waals surface area contributed by atoms with Gasteiger partial charge in [-0.2, -0.15) is 9.78 Å². The lowest BCUT2D eigenvalue weighted by molar-refractivity contribution is 0.615. The molecule has 35 heavy (non-hydrogen) atoms. The molecule has 0 saturated carbocycles. The molecule has 0 amide bonds. The second kappa shape index (κ2) is 8.48. The Bertz CT molecular complexity index is 1820. The molecule has 0 radical (unpaired) electrons. The van der Waals surface area contributed by atoms with Crippen molar-refractivity contribution in [1.82, 2.24) is 14.2 Å². The predicted octanol–water partition coefficient (Wildman–Crippen LogP) is 6.38. The Morgan fingerprint density at radius 3 is 2.69 bits per heavy atom. The minimum Gasteiger partial charge on any atom is -0.453 e. The molecule has 3 heterocycles. The molecule has 0 atom stereocenters. The Morgan fingerprint density at radius 2 is 1.80 bits per heavy atom. The molecular formula is C27H16BrFN4O2. The van der Waals surface area contributed by atoms with Crippen LogP contribution >= 0.6 is 15.9 Å². The number of furan rings is 1. The molecule has 0 spiro atoms. The zero-order valence-corrected chi connectivity index (χ0v) is 19.7. The molecule has 6 nitrogen and oxygen atoms in total. The topological polar surface area (TPSA) is 65.3 Å². The number of hydrogen-bond acceptors (Lipinski definition) is 4. The van der Waals surface area contributed by atoms with Gasteiger partial charge in [-0.05, 0) is 60.7 Å². The fraction of sp³-hybridized carbons (Fsp3) is 0. The Kier molecular flexibility index (Phi) is 5.15. The lowest BCUT2D eigenvalue weighted by atomic mass is 10.2. The van der Waals surface area contributed by atoms with Crippen LogP contribution in [0.15, 0.2) is 110 Å². The van der Waals surface area contributed by atoms with E-state index in [2.05, 4.69) is 21.0 Å². The average molecular weight is 527 g/mol. The summed E-state index contributed by atoms with van der Waals surface area (Å²) in [5.74, 6) is 0.306. The maximum absolute atomic E-state index is 14.4. The Labute approximate surface area is 206 Å². The van der Waals surface area contributed by atoms with Crippen LogP contribution in [0.4, 0.5) is 4.39 Å². The maximum atomic E-state index is 14.4. The van der Waals surface area contributed by atoms with Gasteiger partial charge in [0.2, 0.25) is 5.82 Å². The highest BCUT2D eigenvalue weighted by molar-refractivity contribution is 9.10. The maximum Gasteiger partial charge on any atom is 0.282 e. The van der Waals surface area contributed by atoms with Crippen molar-refractivity contribution in [3.63, 3.8) is 0 Å². The summed E-state index contributed by atoms with van der Waals surface area (Å²) < 4.78 is 24.2. The standard InChI is InChI=1S/C27H16BrFN4O2/c28-18-11-12-24-17(14-18)15-25(35-24)26-31-22-9-3-1-7-20(22)27(34)33(26)30-16-19-6-5-13-32(19)23-10-4-2-8-21(23)29/h1-16H. The first kappa shape index (κ1) is 21.2. The largest absolute Gasteiger partial charge is 0.453 e. The van der Waals surface area contributed by atoms with Gasteiger partial charge in [0.25, 0.3) is 5.56 Å². The highest BCUT2D eigenvalue weighted by atomic mass is 79.9. The Balaban J connectivity index is 1.54. The number of para-hydroxylation sites is 2. The normalized spacial score (nSPS) is 11.7. The molecule has 6 aromatic rings. The van der Waals surface area contributed by atoms with Crippen molar-refractivity contribution >= 4 is 44.0 Å². The van der Waals surface area contributed by atoms with E-state index in [0.29, 0.717) is 33.6 Å². The average Bonchev–Trinajstić information content (AvgIpc) is 3.50. The summed E-state index contributed by atoms with van der Waals surface area (Å²) in [6.45, 7) is 0. The first-order valence-electron chi connectivity index (χ1n) is 10.8. The highest BCUT2D eigenvalue weighted by Gasteiger charge is 2.17. The summed E-state index contributed by atoms with van der Waals surface area (Å²) in [6, 6.07) is 24.6. The van der Waals surface area contributed by atoms with Gasteiger partial charge in [0.1, 0.15) is 11.4 Å². The van der Waals surface area contributed by atoms with Crippen molar-refractivity contribution < 1.29 is 8.81 Å². The van der Waals surface area contributed by atoms with Gasteiger partial charge in [0.15, 0.2) is 5.76 Å². The number of rotatable bonds is 4. The zero-order valence-electron chi connectivity index (χ0n) is 18.1. The summed E-state index contributed by atoms with van der Waals surface area (Å²) in [5.41, 5.74) is 1.83. The van der Waals surface area contributed by atoms with Crippen LogP contribution < -0.4 is 5.56 Å². The Hall–Kier alpha value is -4.30. The number of halogens is 2. The van der Waals surface area contributed by atoms with E-state index in [9.17, 15) is 9.18 Å². The van der Waals surface area contributed by atoms with Crippen molar-refractivity contribution in [3.8, 4) is 17.3 Å². The molecule has 3 aromatic heterocycles. The van der Waals surface area contributed by atoms with Crippen molar-refractivity contribution in [3.05, 3.63) is 117 Å². The minimum atomic E-state index is -0.364. The van der Waals surface area contributed by atoms with Crippen molar-refractivity contribution in [2.24, 2.45) is 5.10 Å². The summed E-state index contributed by atoms with van der Waals surface area (Å²) in [4.78, 5) is 18.1. The highest BCUT2D eigenvalue weighted by Crippen LogP contribution is 2.29. The Morgan fingerprint density at radius 1 is 0.971 bits per heavy atom. The molecule has 0 saturated heterocycles. The first-order valence-corrected chi connectivity index (χ1v) is 11.6. The van der Waals surface area contributed by atoms with Crippen LogP contribution in [0.5, 0.6) is 0 Å². The molecule has 0 unspecified atom stereocenters. The van der Waals surface area contributed by atoms with E-state index in [0.717, 1.165) is 9.86 Å². The summed E-state index contributed by atoms with van der Waals surface area (Å²) in [5, 5.41) is 5.77. The van der Waals surface area contributed by atoms with Crippen LogP contribution in [0.1, 0.15) is 5.69 Å². The second-order valence-electron chi connectivity index (χ2n) is 7.86. The lowest BCUT2D eigenvalue weighted by Crippen LogP contribution is -2.20. The van der Waals surface area contributed by atoms with E-state index in [4.69, 9.17) is 9.40 Å². The SMILES string of the molecule is O=c1c2ccccc2nc(-c2cc3cc(Br)ccc3o2)n1N=Cc1cccn1-c1ccccc1F. The van der Waals surface area contributed by atoms with Crippen LogP contribution in [-0.4, -0.2) is 20.4 Å². The van der Waals surface area contributed by atoms with Gasteiger partial charge in [0, 0.05) is 16.1 Å². The van der Waals surface area contributed by atoms with Gasteiger partial charge in [-0.1, -0.05) is 40.2 Å². The molecule has 170 valence electrons. The molecule has 8 heteroatoms. The van der Waals surface area contributed by atoms with E-state index in [1.807, 2.05) is 30.3 Å². The third-order valence-corrected chi connectivity index (χ3v) is 6.14. The number of fused-ring (bicyclic) bond motifs is 2. The molecule has 0 N–H and O–H groups in total. The van der Waals surface area contributed by atoms with Crippen LogP contribution in [-0.2, 0) is 0 Å². The molecule has 0 bridgehead atoms. The number of benzene rings is 3. The number of nitrogens with zero attached hydrogens (tertiary/aromatic N) is 4. The summed E-state index contributed by atoms with van der Waals surface area (Å²) in [7, 11) is 0. The smallest absolute Gasteiger partial charge is 0.282 e. The fourth-order valence-electron chi connectivity index (χ4n) is 4.00. The van der Waals surface area contributed by atoms with Crippen LogP contribution in [0.25, 0.3) is 39.1 Å². The van der Waals surface area contributed by atoms with E-state index in [-0.39, 0.29) is 17.2 Å². The summed E-state index contributed by atoms with van der Waals surface area (Å²) in [6.07, 6.45) is 3.24. The molecular weight excluding hydrogens is 511 g/mol. The van der Waals surface area contributed by atoms with Crippen molar-refractivity contribution in [2.45, 2.75) is 0 Å². The van der Waals surface area contributed by atoms with Crippen molar-refractivity contribution in [2.75, 3.05) is 0 Å². The molecule has 0 aliphatic carbocycles. The molecule has 0 aliphatic rings. The lowest BCUT2D eigenvalue weighted by Gasteiger charge is -2.09. The zero-order chi connectivity index (χ0) is 23.9. The fourth-order valence-corrected chi connectivity index (χ4v) is 4.38. The molecule has 6 rings (SSSR count). The van der Waals surface area contributed by atoms with Gasteiger partial charge in [-0.25, -0.2) is 9.37 Å². The van der Waals surface area contributed by atoms with E-state index < -0.39 is 0 Å². The van der Waals surface area contributed by atoms with Gasteiger partial charge < -0.3 is 8.98 Å². The molecule has 3 aromatic carbocycles. The molecule has 0 aliphatic heterocycles. The van der Waals surface area contributed by atoms with Crippen LogP contribution in [0, 0.1) is 5.82 Å². The van der Waals surface area contributed by atoms with Gasteiger partial charge >= 0.3 is 0 Å². The monoisotopic (exact) mass is 526 g/mol. The minimum absolute atomic E-state index is 0.265. The molecule has 0 fully saturated rings. The van der Waals surface area contributed by atoms with Gasteiger partial charge in [-0.15, -0.1) is 0 Å². The third kappa shape index (κ3) is 3.77. The second-order valence-corrected chi connectivity index (χ2v) is 8.78. The predicted molar refractivity (Wildman–Crippen MR) is 138 cm³/mol. The van der Waals surface area contributed by atoms with E-state index >= 15 is 0 Å². The first-order chi connectivity index (χ1) is 17.1. The quantitative estimate of drug-likeness (QED) is 0.250.